The summed E-state index contributed by atoms with van der Waals surface area (Å²) < 4.78 is 0. The predicted octanol–water partition coefficient (Wildman–Crippen LogP) is 3.99. The summed E-state index contributed by atoms with van der Waals surface area (Å²) in [4.78, 5) is 13.6. The van der Waals surface area contributed by atoms with E-state index in [1.165, 1.54) is 10.4 Å². The second-order valence-electron chi connectivity index (χ2n) is 6.76. The average molecular weight is 384 g/mol. The van der Waals surface area contributed by atoms with Crippen molar-refractivity contribution in [2.75, 3.05) is 0 Å². The molecule has 0 radical (unpaired) electrons. The van der Waals surface area contributed by atoms with Crippen molar-refractivity contribution in [2.24, 2.45) is 0 Å². The number of amides is 1. The van der Waals surface area contributed by atoms with Crippen molar-refractivity contribution in [3.05, 3.63) is 64.7 Å². The van der Waals surface area contributed by atoms with Crippen LogP contribution in [0.2, 0.25) is 5.02 Å². The molecule has 140 valence electrons. The van der Waals surface area contributed by atoms with Crippen molar-refractivity contribution in [3.8, 4) is 11.4 Å². The van der Waals surface area contributed by atoms with Gasteiger partial charge in [-0.1, -0.05) is 61.8 Å². The van der Waals surface area contributed by atoms with Crippen molar-refractivity contribution in [2.45, 2.75) is 39.3 Å². The fraction of sp³-hybridized carbons (Fsp3) is 0.300. The van der Waals surface area contributed by atoms with Crippen LogP contribution in [0.25, 0.3) is 11.4 Å². The molecular weight excluding hydrogens is 362 g/mol. The lowest BCUT2D eigenvalue weighted by Crippen LogP contribution is -2.30. The van der Waals surface area contributed by atoms with E-state index in [-0.39, 0.29) is 18.5 Å². The van der Waals surface area contributed by atoms with E-state index >= 15 is 0 Å². The second kappa shape index (κ2) is 8.31. The van der Waals surface area contributed by atoms with Crippen LogP contribution in [0, 0.1) is 0 Å². The lowest BCUT2D eigenvalue weighted by molar-refractivity contribution is -0.122. The number of aromatic nitrogens is 4. The van der Waals surface area contributed by atoms with Crippen LogP contribution in [-0.2, 0) is 11.3 Å². The number of nitrogens with zero attached hydrogens (tertiary/aromatic N) is 4. The van der Waals surface area contributed by atoms with Crippen LogP contribution in [0.4, 0.5) is 0 Å². The van der Waals surface area contributed by atoms with Crippen molar-refractivity contribution in [1.82, 2.24) is 25.5 Å². The lowest BCUT2D eigenvalue weighted by Gasteiger charge is -2.14. The number of carbonyl (C=O) groups excluding carboxylic acids is 1. The van der Waals surface area contributed by atoms with E-state index in [1.807, 2.05) is 31.2 Å². The molecular formula is C20H22ClN5O. The van der Waals surface area contributed by atoms with E-state index in [1.54, 1.807) is 12.1 Å². The maximum atomic E-state index is 12.3. The Morgan fingerprint density at radius 2 is 1.67 bits per heavy atom. The summed E-state index contributed by atoms with van der Waals surface area (Å²) in [5.41, 5.74) is 3.10. The molecule has 0 aliphatic heterocycles. The minimum absolute atomic E-state index is 0.00894. The van der Waals surface area contributed by atoms with E-state index in [9.17, 15) is 4.79 Å². The van der Waals surface area contributed by atoms with Crippen molar-refractivity contribution < 1.29 is 4.79 Å². The molecule has 3 rings (SSSR count). The molecule has 1 atom stereocenters. The third-order valence-corrected chi connectivity index (χ3v) is 4.57. The van der Waals surface area contributed by atoms with Gasteiger partial charge in [0.1, 0.15) is 6.54 Å². The molecule has 1 N–H and O–H groups in total. The smallest absolute Gasteiger partial charge is 0.244 e. The molecule has 0 saturated carbocycles. The number of halogens is 1. The number of tetrazole rings is 1. The first kappa shape index (κ1) is 19.0. The molecule has 0 aliphatic rings. The van der Waals surface area contributed by atoms with Gasteiger partial charge in [-0.05, 0) is 41.3 Å². The lowest BCUT2D eigenvalue weighted by atomic mass is 10.0. The third kappa shape index (κ3) is 4.92. The highest BCUT2D eigenvalue weighted by Crippen LogP contribution is 2.19. The van der Waals surface area contributed by atoms with Crippen LogP contribution in [0.15, 0.2) is 48.5 Å². The first-order chi connectivity index (χ1) is 12.9. The zero-order valence-corrected chi connectivity index (χ0v) is 16.3. The summed E-state index contributed by atoms with van der Waals surface area (Å²) in [5.74, 6) is 0.787. The number of hydrogen-bond donors (Lipinski definition) is 1. The van der Waals surface area contributed by atoms with E-state index in [2.05, 4.69) is 46.7 Å². The standard InChI is InChI=1S/C20H22ClN5O/c1-13(2)15-4-6-17(7-5-15)20-23-25-26(24-20)12-19(27)22-14(3)16-8-10-18(21)11-9-16/h4-11,13-14H,12H2,1-3H3,(H,22,27)/t14-/m0/s1. The normalized spacial score (nSPS) is 12.2. The van der Waals surface area contributed by atoms with Crippen molar-refractivity contribution >= 4 is 17.5 Å². The quantitative estimate of drug-likeness (QED) is 0.698. The molecule has 0 unspecified atom stereocenters. The Morgan fingerprint density at radius 1 is 1.04 bits per heavy atom. The molecule has 0 saturated heterocycles. The zero-order chi connectivity index (χ0) is 19.4. The van der Waals surface area contributed by atoms with Crippen LogP contribution in [0.5, 0.6) is 0 Å². The first-order valence-electron chi connectivity index (χ1n) is 8.85. The highest BCUT2D eigenvalue weighted by molar-refractivity contribution is 6.30. The van der Waals surface area contributed by atoms with Crippen LogP contribution >= 0.6 is 11.6 Å². The minimum Gasteiger partial charge on any atom is -0.348 e. The van der Waals surface area contributed by atoms with Crippen LogP contribution in [-0.4, -0.2) is 26.1 Å². The summed E-state index contributed by atoms with van der Waals surface area (Å²) in [6.07, 6.45) is 0. The van der Waals surface area contributed by atoms with Gasteiger partial charge in [0.25, 0.3) is 0 Å². The molecule has 2 aromatic carbocycles. The Labute approximate surface area is 163 Å². The van der Waals surface area contributed by atoms with Gasteiger partial charge in [-0.15, -0.1) is 10.2 Å². The Morgan fingerprint density at radius 3 is 2.30 bits per heavy atom. The summed E-state index contributed by atoms with van der Waals surface area (Å²) in [7, 11) is 0. The van der Waals surface area contributed by atoms with E-state index in [0.717, 1.165) is 11.1 Å². The average Bonchev–Trinajstić information content (AvgIpc) is 3.10. The second-order valence-corrected chi connectivity index (χ2v) is 7.20. The molecule has 27 heavy (non-hydrogen) atoms. The summed E-state index contributed by atoms with van der Waals surface area (Å²) >= 11 is 5.89. The number of benzene rings is 2. The van der Waals surface area contributed by atoms with Crippen molar-refractivity contribution in [3.63, 3.8) is 0 Å². The van der Waals surface area contributed by atoms with Crippen molar-refractivity contribution in [1.29, 1.82) is 0 Å². The van der Waals surface area contributed by atoms with Crippen LogP contribution in [0.3, 0.4) is 0 Å². The summed E-state index contributed by atoms with van der Waals surface area (Å²) in [6, 6.07) is 15.3. The number of nitrogens with one attached hydrogen (secondary N) is 1. The molecule has 0 bridgehead atoms. The maximum Gasteiger partial charge on any atom is 0.244 e. The van der Waals surface area contributed by atoms with Crippen LogP contribution < -0.4 is 5.32 Å². The molecule has 0 spiro atoms. The molecule has 7 heteroatoms. The van der Waals surface area contributed by atoms with Gasteiger partial charge in [0.15, 0.2) is 0 Å². The number of hydrogen-bond acceptors (Lipinski definition) is 4. The number of carbonyl (C=O) groups is 1. The molecule has 6 nitrogen and oxygen atoms in total. The third-order valence-electron chi connectivity index (χ3n) is 4.32. The highest BCUT2D eigenvalue weighted by atomic mass is 35.5. The van der Waals surface area contributed by atoms with Crippen LogP contribution in [0.1, 0.15) is 43.9 Å². The Bertz CT molecular complexity index is 903. The molecule has 1 heterocycles. The Kier molecular flexibility index (Phi) is 5.86. The Balaban J connectivity index is 1.61. The molecule has 0 aliphatic carbocycles. The zero-order valence-electron chi connectivity index (χ0n) is 15.6. The number of rotatable bonds is 6. The summed E-state index contributed by atoms with van der Waals surface area (Å²) in [6.45, 7) is 6.22. The van der Waals surface area contributed by atoms with E-state index < -0.39 is 0 Å². The predicted molar refractivity (Wildman–Crippen MR) is 105 cm³/mol. The monoisotopic (exact) mass is 383 g/mol. The minimum atomic E-state index is -0.184. The fourth-order valence-electron chi connectivity index (χ4n) is 2.69. The maximum absolute atomic E-state index is 12.3. The SMILES string of the molecule is CC(C)c1ccc(-c2nnn(CC(=O)N[C@@H](C)c3ccc(Cl)cc3)n2)cc1. The van der Waals surface area contributed by atoms with Gasteiger partial charge >= 0.3 is 0 Å². The van der Waals surface area contributed by atoms with Gasteiger partial charge in [0, 0.05) is 10.6 Å². The van der Waals surface area contributed by atoms with Gasteiger partial charge in [0.05, 0.1) is 6.04 Å². The first-order valence-corrected chi connectivity index (χ1v) is 9.23. The molecule has 3 aromatic rings. The fourth-order valence-corrected chi connectivity index (χ4v) is 2.82. The molecule has 1 amide bonds. The van der Waals surface area contributed by atoms with Gasteiger partial charge in [0.2, 0.25) is 11.7 Å². The van der Waals surface area contributed by atoms with Gasteiger partial charge in [-0.2, -0.15) is 4.80 Å². The van der Waals surface area contributed by atoms with Gasteiger partial charge < -0.3 is 5.32 Å². The largest absolute Gasteiger partial charge is 0.348 e. The van der Waals surface area contributed by atoms with Gasteiger partial charge in [-0.25, -0.2) is 0 Å². The topological polar surface area (TPSA) is 72.7 Å². The Hall–Kier alpha value is -2.73. The van der Waals surface area contributed by atoms with E-state index in [4.69, 9.17) is 11.6 Å². The van der Waals surface area contributed by atoms with E-state index in [0.29, 0.717) is 16.8 Å². The molecule has 1 aromatic heterocycles. The van der Waals surface area contributed by atoms with Gasteiger partial charge in [-0.3, -0.25) is 4.79 Å². The molecule has 0 fully saturated rings. The summed E-state index contributed by atoms with van der Waals surface area (Å²) in [5, 5.41) is 15.9. The highest BCUT2D eigenvalue weighted by Gasteiger charge is 2.13.